The van der Waals surface area contributed by atoms with Gasteiger partial charge in [0.1, 0.15) is 11.7 Å². The Balaban J connectivity index is 1.72. The Bertz CT molecular complexity index is 1570. The molecule has 1 unspecified atom stereocenters. The number of ether oxygens (including phenoxy) is 2. The zero-order valence-corrected chi connectivity index (χ0v) is 29.3. The minimum atomic E-state index is -2.12. The fourth-order valence-electron chi connectivity index (χ4n) is 4.90. The molecular weight excluding hydrogens is 586 g/mol. The van der Waals surface area contributed by atoms with Crippen molar-refractivity contribution in [3.05, 3.63) is 47.8 Å². The van der Waals surface area contributed by atoms with E-state index < -0.39 is 25.4 Å². The lowest BCUT2D eigenvalue weighted by atomic mass is 9.83. The molecular formula is C33H47N7O4Si. The summed E-state index contributed by atoms with van der Waals surface area (Å²) in [7, 11) is -0.441. The number of aromatic nitrogens is 4. The number of amides is 1. The quantitative estimate of drug-likeness (QED) is 0.185. The van der Waals surface area contributed by atoms with Crippen molar-refractivity contribution in [3.63, 3.8) is 0 Å². The molecule has 1 N–H and O–H groups in total. The molecule has 1 aliphatic heterocycles. The summed E-state index contributed by atoms with van der Waals surface area (Å²) in [4.78, 5) is 24.3. The Labute approximate surface area is 268 Å². The fraction of sp³-hybridized carbons (Fsp3) is 0.545. The number of carbonyl (C=O) groups is 1. The van der Waals surface area contributed by atoms with Crippen molar-refractivity contribution < 1.29 is 18.7 Å². The van der Waals surface area contributed by atoms with Gasteiger partial charge in [0.15, 0.2) is 14.1 Å². The predicted octanol–water partition coefficient (Wildman–Crippen LogP) is 7.03. The van der Waals surface area contributed by atoms with Gasteiger partial charge in [0.25, 0.3) is 0 Å². The normalized spacial score (nSPS) is 16.8. The van der Waals surface area contributed by atoms with Gasteiger partial charge in [0.2, 0.25) is 5.95 Å². The van der Waals surface area contributed by atoms with Crippen LogP contribution in [0.1, 0.15) is 66.0 Å². The average Bonchev–Trinajstić information content (AvgIpc) is 3.52. The van der Waals surface area contributed by atoms with Gasteiger partial charge in [-0.3, -0.25) is 9.58 Å². The van der Waals surface area contributed by atoms with Crippen LogP contribution < -0.4 is 10.2 Å². The minimum Gasteiger partial charge on any atom is -0.443 e. The first-order valence-corrected chi connectivity index (χ1v) is 18.2. The Morgan fingerprint density at radius 3 is 2.56 bits per heavy atom. The van der Waals surface area contributed by atoms with E-state index in [4.69, 9.17) is 18.9 Å². The van der Waals surface area contributed by atoms with Crippen molar-refractivity contribution in [2.24, 2.45) is 0 Å². The van der Waals surface area contributed by atoms with Crippen molar-refractivity contribution in [1.29, 1.82) is 5.26 Å². The zero-order chi connectivity index (χ0) is 33.2. The minimum absolute atomic E-state index is 0.0133. The summed E-state index contributed by atoms with van der Waals surface area (Å²) < 4.78 is 19.5. The van der Waals surface area contributed by atoms with Gasteiger partial charge in [-0.05, 0) is 69.1 Å². The number of fused-ring (bicyclic) bond motifs is 1. The maximum Gasteiger partial charge on any atom is 0.414 e. The summed E-state index contributed by atoms with van der Waals surface area (Å²) in [5.41, 5.74) is 1.87. The molecule has 11 nitrogen and oxygen atoms in total. The first-order chi connectivity index (χ1) is 21.0. The monoisotopic (exact) mass is 633 g/mol. The highest BCUT2D eigenvalue weighted by Crippen LogP contribution is 2.47. The number of nitrogens with one attached hydrogen (secondary N) is 1. The van der Waals surface area contributed by atoms with E-state index in [1.165, 1.54) is 0 Å². The number of nitriles is 1. The van der Waals surface area contributed by atoms with Gasteiger partial charge in [-0.1, -0.05) is 27.7 Å². The highest BCUT2D eigenvalue weighted by atomic mass is 28.4. The molecule has 0 spiro atoms. The SMILES string of the molecule is COCCCn1ccc(Nc2nccc(-c3cc(C#N)c4c(c3)C(C)(CO[Si](C)(C)C(C)(C)C)CN4C(=O)OC(C)(C)C)n2)n1. The van der Waals surface area contributed by atoms with E-state index in [1.54, 1.807) is 24.3 Å². The van der Waals surface area contributed by atoms with E-state index >= 15 is 0 Å². The summed E-state index contributed by atoms with van der Waals surface area (Å²) in [5.74, 6) is 1.01. The maximum absolute atomic E-state index is 13.5. The molecule has 0 saturated carbocycles. The number of hydrogen-bond acceptors (Lipinski definition) is 9. The number of aryl methyl sites for hydroxylation is 1. The number of nitrogens with zero attached hydrogens (tertiary/aromatic N) is 6. The van der Waals surface area contributed by atoms with Crippen LogP contribution in [0.15, 0.2) is 36.7 Å². The van der Waals surface area contributed by atoms with Gasteiger partial charge in [-0.25, -0.2) is 14.8 Å². The van der Waals surface area contributed by atoms with Crippen LogP contribution in [-0.2, 0) is 25.9 Å². The van der Waals surface area contributed by atoms with E-state index in [-0.39, 0.29) is 5.04 Å². The highest BCUT2D eigenvalue weighted by Gasteiger charge is 2.47. The van der Waals surface area contributed by atoms with E-state index in [9.17, 15) is 10.1 Å². The van der Waals surface area contributed by atoms with Crippen molar-refractivity contribution in [3.8, 4) is 17.3 Å². The van der Waals surface area contributed by atoms with E-state index in [1.807, 2.05) is 49.8 Å². The van der Waals surface area contributed by atoms with Crippen molar-refractivity contribution in [1.82, 2.24) is 19.7 Å². The maximum atomic E-state index is 13.5. The molecule has 4 rings (SSSR count). The molecule has 0 bridgehead atoms. The van der Waals surface area contributed by atoms with Gasteiger partial charge >= 0.3 is 6.09 Å². The van der Waals surface area contributed by atoms with Crippen molar-refractivity contribution in [2.45, 2.75) is 90.6 Å². The van der Waals surface area contributed by atoms with Gasteiger partial charge < -0.3 is 19.2 Å². The lowest BCUT2D eigenvalue weighted by Crippen LogP contribution is -2.46. The second-order valence-corrected chi connectivity index (χ2v) is 19.2. The lowest BCUT2D eigenvalue weighted by molar-refractivity contribution is 0.0575. The summed E-state index contributed by atoms with van der Waals surface area (Å²) in [6, 6.07) is 9.80. The average molecular weight is 634 g/mol. The fourth-order valence-corrected chi connectivity index (χ4v) is 6.01. The number of carbonyl (C=O) groups excluding carboxylic acids is 1. The summed E-state index contributed by atoms with van der Waals surface area (Å²) >= 11 is 0. The number of anilines is 3. The molecule has 45 heavy (non-hydrogen) atoms. The first kappa shape index (κ1) is 34.1. The molecule has 1 amide bonds. The van der Waals surface area contributed by atoms with Gasteiger partial charge in [-0.2, -0.15) is 10.4 Å². The molecule has 242 valence electrons. The Morgan fingerprint density at radius 1 is 1.18 bits per heavy atom. The smallest absolute Gasteiger partial charge is 0.414 e. The van der Waals surface area contributed by atoms with Crippen LogP contribution in [0, 0.1) is 11.3 Å². The molecule has 12 heteroatoms. The largest absolute Gasteiger partial charge is 0.443 e. The lowest BCUT2D eigenvalue weighted by Gasteiger charge is -2.39. The van der Waals surface area contributed by atoms with Crippen LogP contribution in [0.2, 0.25) is 18.1 Å². The number of hydrogen-bond donors (Lipinski definition) is 1. The molecule has 1 atom stereocenters. The van der Waals surface area contributed by atoms with Crippen molar-refractivity contribution >= 4 is 31.9 Å². The molecule has 0 saturated heterocycles. The highest BCUT2D eigenvalue weighted by molar-refractivity contribution is 6.74. The first-order valence-electron chi connectivity index (χ1n) is 15.3. The van der Waals surface area contributed by atoms with E-state index in [0.717, 1.165) is 24.1 Å². The second-order valence-electron chi connectivity index (χ2n) is 14.4. The summed E-state index contributed by atoms with van der Waals surface area (Å²) in [5, 5.41) is 18.1. The number of methoxy groups -OCH3 is 1. The number of rotatable bonds is 10. The predicted molar refractivity (Wildman–Crippen MR) is 178 cm³/mol. The Hall–Kier alpha value is -3.79. The molecule has 1 aliphatic rings. The van der Waals surface area contributed by atoms with Crippen LogP contribution in [-0.4, -0.2) is 66.6 Å². The Morgan fingerprint density at radius 2 is 1.91 bits per heavy atom. The van der Waals surface area contributed by atoms with Crippen LogP contribution >= 0.6 is 0 Å². The van der Waals surface area contributed by atoms with Crippen molar-refractivity contribution in [2.75, 3.05) is 37.1 Å². The topological polar surface area (TPSA) is 127 Å². The zero-order valence-electron chi connectivity index (χ0n) is 28.3. The molecule has 2 aromatic heterocycles. The van der Waals surface area contributed by atoms with E-state index in [0.29, 0.717) is 48.5 Å². The third-order valence-corrected chi connectivity index (χ3v) is 12.9. The van der Waals surface area contributed by atoms with Crippen LogP contribution in [0.4, 0.5) is 22.2 Å². The molecule has 0 fully saturated rings. The Kier molecular flexibility index (Phi) is 9.77. The van der Waals surface area contributed by atoms with E-state index in [2.05, 4.69) is 62.3 Å². The van der Waals surface area contributed by atoms with Gasteiger partial charge in [-0.15, -0.1) is 0 Å². The third kappa shape index (κ3) is 7.90. The van der Waals surface area contributed by atoms with Crippen LogP contribution in [0.25, 0.3) is 11.3 Å². The molecule has 0 radical (unpaired) electrons. The standard InChI is InChI=1S/C33H47N7O4Si/c1-31(2,3)44-30(41)40-21-33(7,22-43-45(9,10)32(4,5)6)25-19-23(18-24(20-34)28(25)40)26-12-14-35-29(36-26)37-27-13-16-39(38-27)15-11-17-42-8/h12-14,16,18-19H,11,15,17,21-22H2,1-10H3,(H,35,36,37,38). The third-order valence-electron chi connectivity index (χ3n) is 8.40. The number of benzene rings is 1. The van der Waals surface area contributed by atoms with Crippen LogP contribution in [0.3, 0.4) is 0 Å². The summed E-state index contributed by atoms with van der Waals surface area (Å²) in [6.45, 7) is 20.8. The molecule has 1 aromatic carbocycles. The molecule has 3 heterocycles. The second kappa shape index (κ2) is 12.9. The van der Waals surface area contributed by atoms with Crippen LogP contribution in [0.5, 0.6) is 0 Å². The molecule has 3 aromatic rings. The summed E-state index contributed by atoms with van der Waals surface area (Å²) in [6.07, 6.45) is 3.94. The molecule has 0 aliphatic carbocycles. The van der Waals surface area contributed by atoms with Gasteiger partial charge in [0.05, 0.1) is 16.9 Å². The van der Waals surface area contributed by atoms with Gasteiger partial charge in [0, 0.05) is 62.9 Å².